The van der Waals surface area contributed by atoms with Gasteiger partial charge < -0.3 is 10.1 Å². The van der Waals surface area contributed by atoms with Crippen molar-refractivity contribution in [2.24, 2.45) is 9.98 Å². The number of carbonyl (C=O) groups excluding carboxylic acids is 2. The summed E-state index contributed by atoms with van der Waals surface area (Å²) >= 11 is 1.36. The van der Waals surface area contributed by atoms with Crippen LogP contribution in [0.5, 0.6) is 5.75 Å². The molecule has 1 N–H and O–H groups in total. The quantitative estimate of drug-likeness (QED) is 0.276. The number of ketones is 1. The van der Waals surface area contributed by atoms with Crippen LogP contribution in [0.4, 0.5) is 11.4 Å². The van der Waals surface area contributed by atoms with Crippen LogP contribution in [0.3, 0.4) is 0 Å². The maximum Gasteiger partial charge on any atom is 0.247 e. The highest BCUT2D eigenvalue weighted by molar-refractivity contribution is 8.16. The van der Waals surface area contributed by atoms with E-state index < -0.39 is 5.25 Å². The van der Waals surface area contributed by atoms with E-state index in [1.807, 2.05) is 67.6 Å². The zero-order valence-corrected chi connectivity index (χ0v) is 22.0. The molecule has 0 aliphatic carbocycles. The predicted octanol–water partition coefficient (Wildman–Crippen LogP) is 5.73. The van der Waals surface area contributed by atoms with Gasteiger partial charge in [0.1, 0.15) is 11.0 Å². The van der Waals surface area contributed by atoms with Crippen molar-refractivity contribution < 1.29 is 14.3 Å². The summed E-state index contributed by atoms with van der Waals surface area (Å²) in [6, 6.07) is 22.9. The number of rotatable bonds is 10. The number of hydrogen-bond acceptors (Lipinski definition) is 7. The number of nitrogens with one attached hydrogen (secondary N) is 1. The molecule has 4 rings (SSSR count). The van der Waals surface area contributed by atoms with Gasteiger partial charge in [0.2, 0.25) is 5.91 Å². The van der Waals surface area contributed by atoms with Crippen molar-refractivity contribution in [3.8, 4) is 5.75 Å². The summed E-state index contributed by atoms with van der Waals surface area (Å²) in [4.78, 5) is 36.6. The minimum Gasteiger partial charge on any atom is -0.497 e. The average molecular weight is 515 g/mol. The van der Waals surface area contributed by atoms with Crippen LogP contribution in [-0.2, 0) is 17.9 Å². The molecule has 1 atom stereocenters. The van der Waals surface area contributed by atoms with E-state index in [0.717, 1.165) is 22.6 Å². The highest BCUT2D eigenvalue weighted by atomic mass is 32.2. The Balaban J connectivity index is 1.64. The van der Waals surface area contributed by atoms with Crippen molar-refractivity contribution in [1.82, 2.24) is 4.90 Å². The van der Waals surface area contributed by atoms with E-state index in [4.69, 9.17) is 9.73 Å². The second-order valence-electron chi connectivity index (χ2n) is 8.50. The zero-order valence-electron chi connectivity index (χ0n) is 21.2. The number of amidine groups is 1. The van der Waals surface area contributed by atoms with Gasteiger partial charge in [0.25, 0.3) is 0 Å². The number of amides is 1. The van der Waals surface area contributed by atoms with Gasteiger partial charge in [-0.15, -0.1) is 0 Å². The van der Waals surface area contributed by atoms with Crippen LogP contribution in [0.1, 0.15) is 35.3 Å². The maximum absolute atomic E-state index is 13.5. The first kappa shape index (κ1) is 26.2. The molecule has 0 saturated carbocycles. The summed E-state index contributed by atoms with van der Waals surface area (Å²) in [6.07, 6.45) is 1.70. The predicted molar refractivity (Wildman–Crippen MR) is 151 cm³/mol. The molecule has 3 aromatic carbocycles. The molecule has 0 bridgehead atoms. The number of thioether (sulfide) groups is 1. The fourth-order valence-electron chi connectivity index (χ4n) is 3.88. The highest BCUT2D eigenvalue weighted by Gasteiger charge is 2.37. The van der Waals surface area contributed by atoms with Gasteiger partial charge in [0, 0.05) is 18.3 Å². The first-order valence-electron chi connectivity index (χ1n) is 12.1. The Hall–Kier alpha value is -3.91. The normalized spacial score (nSPS) is 16.5. The fraction of sp³-hybridized carbons (Fsp3) is 0.241. The molecule has 1 unspecified atom stereocenters. The number of aliphatic imine (C=N–C) groups is 2. The van der Waals surface area contributed by atoms with Gasteiger partial charge in [-0.2, -0.15) is 0 Å². The van der Waals surface area contributed by atoms with Crippen LogP contribution in [0, 0.1) is 0 Å². The van der Waals surface area contributed by atoms with E-state index in [1.54, 1.807) is 30.4 Å². The number of carbonyl (C=O) groups is 2. The van der Waals surface area contributed by atoms with Gasteiger partial charge in [-0.3, -0.25) is 19.5 Å². The van der Waals surface area contributed by atoms with Gasteiger partial charge in [0.15, 0.2) is 11.0 Å². The molecule has 7 nitrogen and oxygen atoms in total. The van der Waals surface area contributed by atoms with Crippen molar-refractivity contribution in [2.75, 3.05) is 19.0 Å². The van der Waals surface area contributed by atoms with Gasteiger partial charge in [-0.1, -0.05) is 54.2 Å². The van der Waals surface area contributed by atoms with E-state index in [9.17, 15) is 9.59 Å². The average Bonchev–Trinajstić information content (AvgIpc) is 3.19. The Kier molecular flexibility index (Phi) is 8.74. The molecule has 1 fully saturated rings. The van der Waals surface area contributed by atoms with E-state index in [2.05, 4.69) is 10.3 Å². The SMILES string of the molecule is CCNc1ccc(C(C)=O)cc1N=C1SC(C=NCc2cccc(OC)c2)C(=O)N1Cc1ccccc1. The highest BCUT2D eigenvalue weighted by Crippen LogP contribution is 2.34. The van der Waals surface area contributed by atoms with Crippen molar-refractivity contribution in [3.05, 3.63) is 89.5 Å². The molecule has 190 valence electrons. The van der Waals surface area contributed by atoms with E-state index in [-0.39, 0.29) is 11.7 Å². The third kappa shape index (κ3) is 6.65. The van der Waals surface area contributed by atoms with Gasteiger partial charge >= 0.3 is 0 Å². The summed E-state index contributed by atoms with van der Waals surface area (Å²) in [7, 11) is 1.63. The van der Waals surface area contributed by atoms with Crippen molar-refractivity contribution >= 4 is 46.2 Å². The van der Waals surface area contributed by atoms with Crippen molar-refractivity contribution in [3.63, 3.8) is 0 Å². The molecule has 0 radical (unpaired) electrons. The smallest absolute Gasteiger partial charge is 0.247 e. The summed E-state index contributed by atoms with van der Waals surface area (Å²) in [5.41, 5.74) is 4.00. The number of nitrogens with zero attached hydrogens (tertiary/aromatic N) is 3. The van der Waals surface area contributed by atoms with Gasteiger partial charge in [-0.25, -0.2) is 4.99 Å². The summed E-state index contributed by atoms with van der Waals surface area (Å²) in [5.74, 6) is 0.657. The second kappa shape index (κ2) is 12.4. The number of hydrogen-bond donors (Lipinski definition) is 1. The fourth-order valence-corrected chi connectivity index (χ4v) is 4.91. The summed E-state index contributed by atoms with van der Waals surface area (Å²) < 4.78 is 5.28. The Morgan fingerprint density at radius 2 is 1.86 bits per heavy atom. The Labute approximate surface area is 221 Å². The molecule has 1 aliphatic heterocycles. The molecule has 1 aliphatic rings. The van der Waals surface area contributed by atoms with Crippen LogP contribution in [0.2, 0.25) is 0 Å². The van der Waals surface area contributed by atoms with E-state index in [1.165, 1.54) is 18.7 Å². The van der Waals surface area contributed by atoms with E-state index >= 15 is 0 Å². The number of ether oxygens (including phenoxy) is 1. The van der Waals surface area contributed by atoms with Gasteiger partial charge in [0.05, 0.1) is 31.6 Å². The molecule has 1 amide bonds. The first-order valence-corrected chi connectivity index (χ1v) is 13.0. The number of benzene rings is 3. The molecule has 1 heterocycles. The van der Waals surface area contributed by atoms with Crippen LogP contribution in [-0.4, -0.2) is 46.9 Å². The lowest BCUT2D eigenvalue weighted by molar-refractivity contribution is -0.125. The first-order chi connectivity index (χ1) is 18.0. The lowest BCUT2D eigenvalue weighted by atomic mass is 10.1. The minimum atomic E-state index is -0.494. The Morgan fingerprint density at radius 1 is 1.08 bits per heavy atom. The third-order valence-corrected chi connectivity index (χ3v) is 6.89. The zero-order chi connectivity index (χ0) is 26.2. The number of methoxy groups -OCH3 is 1. The Morgan fingerprint density at radius 3 is 2.59 bits per heavy atom. The van der Waals surface area contributed by atoms with Gasteiger partial charge in [-0.05, 0) is 55.3 Å². The summed E-state index contributed by atoms with van der Waals surface area (Å²) in [5, 5.41) is 3.38. The third-order valence-electron chi connectivity index (χ3n) is 5.79. The van der Waals surface area contributed by atoms with Crippen LogP contribution < -0.4 is 10.1 Å². The summed E-state index contributed by atoms with van der Waals surface area (Å²) in [6.45, 7) is 5.08. The number of anilines is 1. The number of Topliss-reactive ketones (excluding diaryl/α,β-unsaturated/α-hetero) is 1. The molecular weight excluding hydrogens is 484 g/mol. The molecule has 1 saturated heterocycles. The van der Waals surface area contributed by atoms with Crippen LogP contribution >= 0.6 is 11.8 Å². The maximum atomic E-state index is 13.5. The van der Waals surface area contributed by atoms with E-state index in [0.29, 0.717) is 36.1 Å². The van der Waals surface area contributed by atoms with Crippen LogP contribution in [0.15, 0.2) is 82.8 Å². The van der Waals surface area contributed by atoms with Crippen LogP contribution in [0.25, 0.3) is 0 Å². The molecule has 3 aromatic rings. The monoisotopic (exact) mass is 514 g/mol. The van der Waals surface area contributed by atoms with Crippen molar-refractivity contribution in [1.29, 1.82) is 0 Å². The lowest BCUT2D eigenvalue weighted by Gasteiger charge is -2.17. The Bertz CT molecular complexity index is 1320. The lowest BCUT2D eigenvalue weighted by Crippen LogP contribution is -2.32. The topological polar surface area (TPSA) is 83.4 Å². The molecule has 37 heavy (non-hydrogen) atoms. The van der Waals surface area contributed by atoms with Crippen molar-refractivity contribution in [2.45, 2.75) is 32.2 Å². The molecule has 0 aromatic heterocycles. The minimum absolute atomic E-state index is 0.0386. The molecule has 0 spiro atoms. The molecule has 8 heteroatoms. The standard InChI is InChI=1S/C29H30N4O3S/c1-4-31-25-14-13-23(20(2)34)16-26(25)32-29-33(19-21-9-6-5-7-10-21)28(35)27(37-29)18-30-17-22-11-8-12-24(15-22)36-3/h5-16,18,27,31H,4,17,19H2,1-3H3. The second-order valence-corrected chi connectivity index (χ2v) is 9.61. The largest absolute Gasteiger partial charge is 0.497 e. The molecular formula is C29H30N4O3S.